The van der Waals surface area contributed by atoms with E-state index in [0.717, 1.165) is 19.6 Å². The van der Waals surface area contributed by atoms with Crippen LogP contribution in [0.25, 0.3) is 0 Å². The summed E-state index contributed by atoms with van der Waals surface area (Å²) in [5, 5.41) is 3.77. The number of amides is 4. The Labute approximate surface area is 215 Å². The van der Waals surface area contributed by atoms with E-state index in [4.69, 9.17) is 27.9 Å². The zero-order valence-corrected chi connectivity index (χ0v) is 21.6. The van der Waals surface area contributed by atoms with E-state index < -0.39 is 6.04 Å². The van der Waals surface area contributed by atoms with Crippen molar-refractivity contribution in [3.63, 3.8) is 0 Å². The van der Waals surface area contributed by atoms with Crippen molar-refractivity contribution in [2.24, 2.45) is 0 Å². The van der Waals surface area contributed by atoms with Gasteiger partial charge in [-0.05, 0) is 24.6 Å². The van der Waals surface area contributed by atoms with Gasteiger partial charge in [0.1, 0.15) is 0 Å². The zero-order chi connectivity index (χ0) is 25.1. The molecule has 9 nitrogen and oxygen atoms in total. The highest BCUT2D eigenvalue weighted by Crippen LogP contribution is 2.39. The maximum Gasteiger partial charge on any atom is 0.322 e. The smallest absolute Gasteiger partial charge is 0.322 e. The first-order chi connectivity index (χ1) is 16.8. The molecule has 35 heavy (non-hydrogen) atoms. The number of carbonyl (C=O) groups is 3. The van der Waals surface area contributed by atoms with Crippen LogP contribution in [0.1, 0.15) is 24.9 Å². The number of urea groups is 1. The summed E-state index contributed by atoms with van der Waals surface area (Å²) in [5.74, 6) is -0.153. The molecule has 1 aromatic rings. The lowest BCUT2D eigenvalue weighted by Crippen LogP contribution is -2.49. The molecular formula is C24H31Cl2N5O4. The van der Waals surface area contributed by atoms with E-state index in [1.54, 1.807) is 35.1 Å². The van der Waals surface area contributed by atoms with Gasteiger partial charge in [-0.2, -0.15) is 0 Å². The van der Waals surface area contributed by atoms with Crippen LogP contribution in [0.3, 0.4) is 0 Å². The van der Waals surface area contributed by atoms with Gasteiger partial charge in [-0.1, -0.05) is 29.3 Å². The summed E-state index contributed by atoms with van der Waals surface area (Å²) in [6, 6.07) is 4.07. The first-order valence-corrected chi connectivity index (χ1v) is 12.6. The summed E-state index contributed by atoms with van der Waals surface area (Å²) in [4.78, 5) is 46.5. The SMILES string of the molecule is CCN1C(=O)N[C@H](c2ccc(Cl)cc2Cl)C2=C1CN(CCC(=O)N1CCN(CCOC)CC1)C2=O. The number of carbonyl (C=O) groups excluding carboxylic acids is 3. The van der Waals surface area contributed by atoms with Gasteiger partial charge in [0.2, 0.25) is 5.91 Å². The van der Waals surface area contributed by atoms with Crippen LogP contribution in [0.2, 0.25) is 10.0 Å². The molecule has 0 unspecified atom stereocenters. The molecule has 0 spiro atoms. The summed E-state index contributed by atoms with van der Waals surface area (Å²) in [6.07, 6.45) is 0.240. The van der Waals surface area contributed by atoms with Crippen LogP contribution in [0, 0.1) is 0 Å². The van der Waals surface area contributed by atoms with Gasteiger partial charge < -0.3 is 19.9 Å². The third-order valence-electron chi connectivity index (χ3n) is 6.82. The van der Waals surface area contributed by atoms with Crippen LogP contribution in [0.5, 0.6) is 0 Å². The van der Waals surface area contributed by atoms with Crippen LogP contribution >= 0.6 is 23.2 Å². The molecule has 0 saturated carbocycles. The lowest BCUT2D eigenvalue weighted by molar-refractivity contribution is -0.134. The average molecular weight is 524 g/mol. The standard InChI is InChI=1S/C24H31Cl2N5O4/c1-3-31-19-15-30(7-6-20(32)29-10-8-28(9-11-29)12-13-35-2)23(33)21(19)22(27-24(31)34)17-5-4-16(25)14-18(17)26/h4-5,14,22H,3,6-13,15H2,1-2H3,(H,27,34)/t22-/m1/s1. The first kappa shape index (κ1) is 25.8. The summed E-state index contributed by atoms with van der Waals surface area (Å²) < 4.78 is 5.13. The molecule has 3 aliphatic heterocycles. The molecular weight excluding hydrogens is 493 g/mol. The Bertz CT molecular complexity index is 1030. The van der Waals surface area contributed by atoms with Crippen molar-refractivity contribution < 1.29 is 19.1 Å². The molecule has 0 radical (unpaired) electrons. The summed E-state index contributed by atoms with van der Waals surface area (Å²) in [6.45, 7) is 7.38. The van der Waals surface area contributed by atoms with Gasteiger partial charge in [-0.3, -0.25) is 19.4 Å². The molecule has 1 aromatic carbocycles. The number of benzene rings is 1. The fraction of sp³-hybridized carbons (Fsp3) is 0.542. The van der Waals surface area contributed by atoms with Crippen molar-refractivity contribution in [3.05, 3.63) is 45.1 Å². The average Bonchev–Trinajstić information content (AvgIpc) is 3.17. The number of rotatable bonds is 8. The van der Waals surface area contributed by atoms with Gasteiger partial charge in [0.15, 0.2) is 0 Å². The Balaban J connectivity index is 1.43. The molecule has 4 amide bonds. The van der Waals surface area contributed by atoms with Crippen LogP contribution in [0.4, 0.5) is 4.79 Å². The molecule has 0 aliphatic carbocycles. The van der Waals surface area contributed by atoms with Crippen molar-refractivity contribution in [2.75, 3.05) is 66.1 Å². The monoisotopic (exact) mass is 523 g/mol. The Morgan fingerprint density at radius 3 is 2.54 bits per heavy atom. The Morgan fingerprint density at radius 1 is 1.14 bits per heavy atom. The molecule has 0 aromatic heterocycles. The molecule has 1 saturated heterocycles. The third kappa shape index (κ3) is 5.43. The fourth-order valence-electron chi connectivity index (χ4n) is 4.86. The Morgan fingerprint density at radius 2 is 1.89 bits per heavy atom. The summed E-state index contributed by atoms with van der Waals surface area (Å²) in [7, 11) is 1.68. The van der Waals surface area contributed by atoms with Crippen molar-refractivity contribution in [1.29, 1.82) is 0 Å². The largest absolute Gasteiger partial charge is 0.383 e. The highest BCUT2D eigenvalue weighted by molar-refractivity contribution is 6.35. The van der Waals surface area contributed by atoms with E-state index in [-0.39, 0.29) is 30.8 Å². The number of hydrogen-bond acceptors (Lipinski definition) is 5. The van der Waals surface area contributed by atoms with Crippen molar-refractivity contribution in [3.8, 4) is 0 Å². The number of methoxy groups -OCH3 is 1. The van der Waals surface area contributed by atoms with Gasteiger partial charge >= 0.3 is 6.03 Å². The van der Waals surface area contributed by atoms with Crippen LogP contribution in [-0.2, 0) is 14.3 Å². The van der Waals surface area contributed by atoms with E-state index in [2.05, 4.69) is 10.2 Å². The molecule has 1 atom stereocenters. The van der Waals surface area contributed by atoms with Gasteiger partial charge in [-0.25, -0.2) is 4.79 Å². The Kier molecular flexibility index (Phi) is 8.21. The lowest BCUT2D eigenvalue weighted by atomic mass is 9.95. The van der Waals surface area contributed by atoms with E-state index in [1.165, 1.54) is 0 Å². The van der Waals surface area contributed by atoms with Crippen LogP contribution in [-0.4, -0.2) is 104 Å². The Hall–Kier alpha value is -2.33. The predicted molar refractivity (Wildman–Crippen MR) is 133 cm³/mol. The normalized spacial score (nSPS) is 21.0. The first-order valence-electron chi connectivity index (χ1n) is 11.9. The molecule has 1 fully saturated rings. The molecule has 3 heterocycles. The van der Waals surface area contributed by atoms with Crippen LogP contribution in [0.15, 0.2) is 29.5 Å². The van der Waals surface area contributed by atoms with Crippen molar-refractivity contribution in [2.45, 2.75) is 19.4 Å². The number of piperazine rings is 1. The molecule has 3 aliphatic rings. The number of likely N-dealkylation sites (N-methyl/N-ethyl adjacent to an activating group) is 1. The minimum Gasteiger partial charge on any atom is -0.383 e. The minimum atomic E-state index is -0.668. The topological polar surface area (TPSA) is 85.4 Å². The molecule has 190 valence electrons. The number of ether oxygens (including phenoxy) is 1. The molecule has 0 bridgehead atoms. The van der Waals surface area contributed by atoms with Crippen molar-refractivity contribution in [1.82, 2.24) is 24.9 Å². The minimum absolute atomic E-state index is 0.0351. The lowest BCUT2D eigenvalue weighted by Gasteiger charge is -2.35. The van der Waals surface area contributed by atoms with Gasteiger partial charge in [-0.15, -0.1) is 0 Å². The van der Waals surface area contributed by atoms with E-state index in [0.29, 0.717) is 59.7 Å². The highest BCUT2D eigenvalue weighted by atomic mass is 35.5. The van der Waals surface area contributed by atoms with E-state index in [1.807, 2.05) is 11.8 Å². The second-order valence-corrected chi connectivity index (χ2v) is 9.69. The predicted octanol–water partition coefficient (Wildman–Crippen LogP) is 2.36. The van der Waals surface area contributed by atoms with E-state index in [9.17, 15) is 14.4 Å². The molecule has 11 heteroatoms. The highest BCUT2D eigenvalue weighted by Gasteiger charge is 2.44. The number of nitrogens with zero attached hydrogens (tertiary/aromatic N) is 4. The second kappa shape index (κ2) is 11.2. The molecule has 1 N–H and O–H groups in total. The van der Waals surface area contributed by atoms with Crippen LogP contribution < -0.4 is 5.32 Å². The summed E-state index contributed by atoms with van der Waals surface area (Å²) >= 11 is 12.5. The third-order valence-corrected chi connectivity index (χ3v) is 7.38. The molecule has 4 rings (SSSR count). The van der Waals surface area contributed by atoms with E-state index >= 15 is 0 Å². The fourth-order valence-corrected chi connectivity index (χ4v) is 5.38. The zero-order valence-electron chi connectivity index (χ0n) is 20.1. The number of nitrogens with one attached hydrogen (secondary N) is 1. The quantitative estimate of drug-likeness (QED) is 0.565. The maximum absolute atomic E-state index is 13.5. The van der Waals surface area contributed by atoms with Gasteiger partial charge in [0.25, 0.3) is 5.91 Å². The number of hydrogen-bond donors (Lipinski definition) is 1. The maximum atomic E-state index is 13.5. The second-order valence-electron chi connectivity index (χ2n) is 8.84. The summed E-state index contributed by atoms with van der Waals surface area (Å²) in [5.41, 5.74) is 1.77. The van der Waals surface area contributed by atoms with Crippen molar-refractivity contribution >= 4 is 41.0 Å². The van der Waals surface area contributed by atoms with Gasteiger partial charge in [0, 0.05) is 69.4 Å². The number of halogens is 2. The van der Waals surface area contributed by atoms with Gasteiger partial charge in [0.05, 0.1) is 30.5 Å².